The lowest BCUT2D eigenvalue weighted by molar-refractivity contribution is -0.123. The van der Waals surface area contributed by atoms with E-state index in [4.69, 9.17) is 9.72 Å². The monoisotopic (exact) mass is 513 g/mol. The standard InChI is InChI=1S/C26H31N3O4S2/c1-18-12-13-23-24(19(18)2)27-26(34-23)29(17-21-9-7-15-33-21)25(30)20-8-6-14-28(16-20)35(31,32)22-10-4-3-5-11-22/h3-5,10-13,20-21H,6-9,14-17H2,1-2H3. The van der Waals surface area contributed by atoms with Gasteiger partial charge in [-0.15, -0.1) is 0 Å². The molecule has 0 saturated carbocycles. The molecule has 2 fully saturated rings. The van der Waals surface area contributed by atoms with Gasteiger partial charge in [0.25, 0.3) is 0 Å². The molecule has 2 saturated heterocycles. The number of hydrogen-bond donors (Lipinski definition) is 0. The Bertz CT molecular complexity index is 1320. The van der Waals surface area contributed by atoms with E-state index in [0.29, 0.717) is 37.7 Å². The zero-order chi connectivity index (χ0) is 24.6. The molecule has 1 aromatic heterocycles. The summed E-state index contributed by atoms with van der Waals surface area (Å²) in [4.78, 5) is 20.9. The lowest BCUT2D eigenvalue weighted by Crippen LogP contribution is -2.48. The molecule has 0 bridgehead atoms. The number of aromatic nitrogens is 1. The van der Waals surface area contributed by atoms with Crippen LogP contribution in [0.4, 0.5) is 5.13 Å². The van der Waals surface area contributed by atoms with E-state index in [1.54, 1.807) is 35.2 Å². The van der Waals surface area contributed by atoms with Crippen LogP contribution in [0.15, 0.2) is 47.4 Å². The van der Waals surface area contributed by atoms with Crippen molar-refractivity contribution in [1.29, 1.82) is 0 Å². The van der Waals surface area contributed by atoms with Gasteiger partial charge in [0.2, 0.25) is 15.9 Å². The second-order valence-corrected chi connectivity index (χ2v) is 12.4. The molecule has 5 rings (SSSR count). The van der Waals surface area contributed by atoms with E-state index in [9.17, 15) is 13.2 Å². The van der Waals surface area contributed by atoms with Crippen LogP contribution in [0, 0.1) is 19.8 Å². The smallest absolute Gasteiger partial charge is 0.243 e. The summed E-state index contributed by atoms with van der Waals surface area (Å²) in [7, 11) is -3.65. The number of hydrogen-bond acceptors (Lipinski definition) is 6. The molecule has 2 aliphatic rings. The van der Waals surface area contributed by atoms with Crippen molar-refractivity contribution in [2.75, 3.05) is 31.1 Å². The minimum Gasteiger partial charge on any atom is -0.376 e. The number of benzene rings is 2. The quantitative estimate of drug-likeness (QED) is 0.484. The average Bonchev–Trinajstić information content (AvgIpc) is 3.55. The highest BCUT2D eigenvalue weighted by Crippen LogP contribution is 2.34. The maximum atomic E-state index is 13.9. The minimum atomic E-state index is -3.65. The summed E-state index contributed by atoms with van der Waals surface area (Å²) in [5, 5.41) is 0.664. The van der Waals surface area contributed by atoms with Gasteiger partial charge in [-0.25, -0.2) is 13.4 Å². The van der Waals surface area contributed by atoms with Crippen LogP contribution in [-0.4, -0.2) is 56.0 Å². The third-order valence-electron chi connectivity index (χ3n) is 7.09. The molecule has 2 aromatic carbocycles. The van der Waals surface area contributed by atoms with Gasteiger partial charge in [-0.05, 0) is 68.9 Å². The van der Waals surface area contributed by atoms with Crippen molar-refractivity contribution in [1.82, 2.24) is 9.29 Å². The Labute approximate surface area is 210 Å². The largest absolute Gasteiger partial charge is 0.376 e. The molecule has 0 radical (unpaired) electrons. The first kappa shape index (κ1) is 24.4. The number of aryl methyl sites for hydroxylation is 2. The fraction of sp³-hybridized carbons (Fsp3) is 0.462. The summed E-state index contributed by atoms with van der Waals surface area (Å²) in [6, 6.07) is 12.6. The lowest BCUT2D eigenvalue weighted by atomic mass is 9.98. The van der Waals surface area contributed by atoms with Gasteiger partial charge in [-0.3, -0.25) is 9.69 Å². The predicted octanol–water partition coefficient (Wildman–Crippen LogP) is 4.53. The Kier molecular flexibility index (Phi) is 6.94. The van der Waals surface area contributed by atoms with E-state index in [2.05, 4.69) is 26.0 Å². The molecule has 0 spiro atoms. The molecule has 0 aliphatic carbocycles. The molecule has 2 unspecified atom stereocenters. The van der Waals surface area contributed by atoms with Crippen LogP contribution >= 0.6 is 11.3 Å². The van der Waals surface area contributed by atoms with Crippen molar-refractivity contribution in [3.8, 4) is 0 Å². The summed E-state index contributed by atoms with van der Waals surface area (Å²) < 4.78 is 34.8. The number of amides is 1. The van der Waals surface area contributed by atoms with Crippen molar-refractivity contribution >= 4 is 42.6 Å². The molecule has 2 atom stereocenters. The summed E-state index contributed by atoms with van der Waals surface area (Å²) in [5.41, 5.74) is 3.21. The molecule has 1 amide bonds. The number of sulfonamides is 1. The molecule has 186 valence electrons. The number of carbonyl (C=O) groups excluding carboxylic acids is 1. The fourth-order valence-corrected chi connectivity index (χ4v) is 7.49. The van der Waals surface area contributed by atoms with E-state index in [-0.39, 0.29) is 23.5 Å². The SMILES string of the molecule is Cc1ccc2sc(N(CC3CCCO3)C(=O)C3CCCN(S(=O)(=O)c4ccccc4)C3)nc2c1C. The number of carbonyl (C=O) groups is 1. The van der Waals surface area contributed by atoms with Gasteiger partial charge in [-0.1, -0.05) is 35.6 Å². The number of anilines is 1. The second kappa shape index (κ2) is 9.97. The Morgan fingerprint density at radius 1 is 1.14 bits per heavy atom. The van der Waals surface area contributed by atoms with Crippen LogP contribution in [0.25, 0.3) is 10.2 Å². The van der Waals surface area contributed by atoms with Crippen molar-refractivity contribution < 1.29 is 17.9 Å². The number of thiazole rings is 1. The molecule has 0 N–H and O–H groups in total. The minimum absolute atomic E-state index is 0.0264. The first-order chi connectivity index (χ1) is 16.8. The van der Waals surface area contributed by atoms with Gasteiger partial charge in [0.1, 0.15) is 0 Å². The Balaban J connectivity index is 1.44. The zero-order valence-electron chi connectivity index (χ0n) is 20.1. The zero-order valence-corrected chi connectivity index (χ0v) is 21.8. The summed E-state index contributed by atoms with van der Waals surface area (Å²) in [6.07, 6.45) is 3.17. The van der Waals surface area contributed by atoms with Crippen LogP contribution < -0.4 is 4.90 Å². The Morgan fingerprint density at radius 3 is 2.69 bits per heavy atom. The number of fused-ring (bicyclic) bond motifs is 1. The first-order valence-electron chi connectivity index (χ1n) is 12.2. The van der Waals surface area contributed by atoms with Crippen molar-refractivity contribution in [2.45, 2.75) is 50.5 Å². The molecule has 3 heterocycles. The third-order valence-corrected chi connectivity index (χ3v) is 10.0. The maximum absolute atomic E-state index is 13.9. The normalized spacial score (nSPS) is 21.4. The van der Waals surface area contributed by atoms with Gasteiger partial charge in [0, 0.05) is 19.7 Å². The first-order valence-corrected chi connectivity index (χ1v) is 14.4. The molecular weight excluding hydrogens is 482 g/mol. The number of ether oxygens (including phenoxy) is 1. The average molecular weight is 514 g/mol. The summed E-state index contributed by atoms with van der Waals surface area (Å²) in [6.45, 7) is 5.87. The predicted molar refractivity (Wildman–Crippen MR) is 138 cm³/mol. The summed E-state index contributed by atoms with van der Waals surface area (Å²) >= 11 is 1.51. The van der Waals surface area contributed by atoms with Crippen LogP contribution in [0.2, 0.25) is 0 Å². The number of nitrogens with zero attached hydrogens (tertiary/aromatic N) is 3. The highest BCUT2D eigenvalue weighted by molar-refractivity contribution is 7.89. The van der Waals surface area contributed by atoms with Crippen LogP contribution in [0.5, 0.6) is 0 Å². The summed E-state index contributed by atoms with van der Waals surface area (Å²) in [5.74, 6) is -0.486. The molecule has 3 aromatic rings. The van der Waals surface area contributed by atoms with E-state index in [0.717, 1.165) is 28.6 Å². The lowest BCUT2D eigenvalue weighted by Gasteiger charge is -2.34. The second-order valence-electron chi connectivity index (χ2n) is 9.45. The highest BCUT2D eigenvalue weighted by atomic mass is 32.2. The molecule has 9 heteroatoms. The van der Waals surface area contributed by atoms with E-state index in [1.165, 1.54) is 21.2 Å². The van der Waals surface area contributed by atoms with Crippen LogP contribution in [-0.2, 0) is 19.6 Å². The molecule has 2 aliphatic heterocycles. The maximum Gasteiger partial charge on any atom is 0.243 e. The Hall–Kier alpha value is -2.33. The Morgan fingerprint density at radius 2 is 1.94 bits per heavy atom. The van der Waals surface area contributed by atoms with Gasteiger partial charge in [0.05, 0.1) is 33.7 Å². The van der Waals surface area contributed by atoms with E-state index in [1.807, 2.05) is 0 Å². The third kappa shape index (κ3) is 4.87. The fourth-order valence-electron chi connectivity index (χ4n) is 4.91. The van der Waals surface area contributed by atoms with Crippen molar-refractivity contribution in [3.63, 3.8) is 0 Å². The number of rotatable bonds is 6. The van der Waals surface area contributed by atoms with Gasteiger partial charge >= 0.3 is 0 Å². The van der Waals surface area contributed by atoms with E-state index < -0.39 is 15.9 Å². The van der Waals surface area contributed by atoms with Gasteiger partial charge in [-0.2, -0.15) is 4.31 Å². The topological polar surface area (TPSA) is 79.8 Å². The number of piperidine rings is 1. The van der Waals surface area contributed by atoms with Crippen molar-refractivity contribution in [2.24, 2.45) is 5.92 Å². The van der Waals surface area contributed by atoms with Crippen LogP contribution in [0.1, 0.15) is 36.8 Å². The molecular formula is C26H31N3O4S2. The highest BCUT2D eigenvalue weighted by Gasteiger charge is 2.37. The van der Waals surface area contributed by atoms with E-state index >= 15 is 0 Å². The van der Waals surface area contributed by atoms with Gasteiger partial charge < -0.3 is 4.74 Å². The van der Waals surface area contributed by atoms with Crippen molar-refractivity contribution in [3.05, 3.63) is 53.6 Å². The van der Waals surface area contributed by atoms with Gasteiger partial charge in [0.15, 0.2) is 5.13 Å². The van der Waals surface area contributed by atoms with Crippen LogP contribution in [0.3, 0.4) is 0 Å². The molecule has 7 nitrogen and oxygen atoms in total. The molecule has 35 heavy (non-hydrogen) atoms.